The SMILES string of the molecule is CC(OC(=O)C=O)OC(=O)CO. The predicted molar refractivity (Wildman–Crippen MR) is 34.8 cm³/mol. The quantitative estimate of drug-likeness (QED) is 0.245. The van der Waals surface area contributed by atoms with Gasteiger partial charge in [-0.15, -0.1) is 0 Å². The molecule has 0 saturated heterocycles. The van der Waals surface area contributed by atoms with Crippen LogP contribution < -0.4 is 0 Å². The summed E-state index contributed by atoms with van der Waals surface area (Å²) in [5.41, 5.74) is 0. The maximum Gasteiger partial charge on any atom is 0.374 e. The van der Waals surface area contributed by atoms with Crippen LogP contribution in [-0.4, -0.2) is 36.2 Å². The second-order valence-corrected chi connectivity index (χ2v) is 1.77. The molecule has 1 unspecified atom stereocenters. The normalized spacial score (nSPS) is 11.5. The zero-order valence-electron chi connectivity index (χ0n) is 6.35. The minimum Gasteiger partial charge on any atom is -0.424 e. The molecular weight excluding hydrogens is 168 g/mol. The number of ether oxygens (including phenoxy) is 2. The molecule has 6 nitrogen and oxygen atoms in total. The molecule has 0 aliphatic heterocycles. The number of rotatable bonds is 4. The first-order valence-corrected chi connectivity index (χ1v) is 3.06. The van der Waals surface area contributed by atoms with Crippen molar-refractivity contribution in [3.63, 3.8) is 0 Å². The molecule has 1 N–H and O–H groups in total. The van der Waals surface area contributed by atoms with E-state index in [4.69, 9.17) is 5.11 Å². The van der Waals surface area contributed by atoms with E-state index in [1.807, 2.05) is 0 Å². The second-order valence-electron chi connectivity index (χ2n) is 1.77. The molecule has 0 aromatic heterocycles. The molecule has 0 spiro atoms. The summed E-state index contributed by atoms with van der Waals surface area (Å²) in [7, 11) is 0. The Morgan fingerprint density at radius 1 is 1.50 bits per heavy atom. The third-order valence-corrected chi connectivity index (χ3v) is 0.805. The van der Waals surface area contributed by atoms with Gasteiger partial charge in [0, 0.05) is 6.92 Å². The molecule has 0 radical (unpaired) electrons. The third kappa shape index (κ3) is 4.40. The molecule has 0 aliphatic rings. The van der Waals surface area contributed by atoms with Crippen LogP contribution in [0, 0.1) is 0 Å². The Hall–Kier alpha value is -1.43. The van der Waals surface area contributed by atoms with Crippen molar-refractivity contribution in [3.8, 4) is 0 Å². The van der Waals surface area contributed by atoms with E-state index in [-0.39, 0.29) is 6.29 Å². The lowest BCUT2D eigenvalue weighted by molar-refractivity contribution is -0.185. The molecule has 0 heterocycles. The van der Waals surface area contributed by atoms with Crippen LogP contribution in [0.25, 0.3) is 0 Å². The van der Waals surface area contributed by atoms with E-state index in [1.165, 1.54) is 6.92 Å². The Morgan fingerprint density at radius 3 is 2.50 bits per heavy atom. The van der Waals surface area contributed by atoms with Crippen molar-refractivity contribution in [3.05, 3.63) is 0 Å². The summed E-state index contributed by atoms with van der Waals surface area (Å²) >= 11 is 0. The molecule has 68 valence electrons. The van der Waals surface area contributed by atoms with Crippen LogP contribution in [0.2, 0.25) is 0 Å². The first-order valence-electron chi connectivity index (χ1n) is 3.06. The smallest absolute Gasteiger partial charge is 0.374 e. The molecule has 0 saturated carbocycles. The van der Waals surface area contributed by atoms with Gasteiger partial charge in [-0.1, -0.05) is 0 Å². The number of carbonyl (C=O) groups excluding carboxylic acids is 3. The fourth-order valence-electron chi connectivity index (χ4n) is 0.438. The number of aliphatic hydroxyl groups is 1. The fourth-order valence-corrected chi connectivity index (χ4v) is 0.438. The van der Waals surface area contributed by atoms with Crippen LogP contribution in [-0.2, 0) is 23.9 Å². The van der Waals surface area contributed by atoms with Crippen LogP contribution in [0.15, 0.2) is 0 Å². The van der Waals surface area contributed by atoms with Crippen molar-refractivity contribution in [2.24, 2.45) is 0 Å². The topological polar surface area (TPSA) is 89.9 Å². The van der Waals surface area contributed by atoms with Crippen molar-refractivity contribution in [1.82, 2.24) is 0 Å². The summed E-state index contributed by atoms with van der Waals surface area (Å²) in [5, 5.41) is 8.19. The van der Waals surface area contributed by atoms with Crippen LogP contribution in [0.1, 0.15) is 6.92 Å². The van der Waals surface area contributed by atoms with Gasteiger partial charge < -0.3 is 14.6 Å². The van der Waals surface area contributed by atoms with Gasteiger partial charge in [0.05, 0.1) is 0 Å². The highest BCUT2D eigenvalue weighted by Crippen LogP contribution is 1.93. The van der Waals surface area contributed by atoms with Crippen molar-refractivity contribution in [2.45, 2.75) is 13.2 Å². The molecule has 0 aliphatic carbocycles. The van der Waals surface area contributed by atoms with Gasteiger partial charge in [-0.3, -0.25) is 4.79 Å². The lowest BCUT2D eigenvalue weighted by Gasteiger charge is -2.10. The van der Waals surface area contributed by atoms with Crippen molar-refractivity contribution < 1.29 is 29.0 Å². The molecule has 12 heavy (non-hydrogen) atoms. The number of hydrogen-bond donors (Lipinski definition) is 1. The van der Waals surface area contributed by atoms with Gasteiger partial charge in [0.15, 0.2) is 0 Å². The maximum atomic E-state index is 10.3. The number of aldehydes is 1. The Morgan fingerprint density at radius 2 is 2.08 bits per heavy atom. The number of aliphatic hydroxyl groups excluding tert-OH is 1. The maximum absolute atomic E-state index is 10.3. The van der Waals surface area contributed by atoms with Gasteiger partial charge in [0.2, 0.25) is 12.6 Å². The van der Waals surface area contributed by atoms with Crippen molar-refractivity contribution >= 4 is 18.2 Å². The zero-order chi connectivity index (χ0) is 9.56. The van der Waals surface area contributed by atoms with Gasteiger partial charge in [-0.25, -0.2) is 9.59 Å². The highest BCUT2D eigenvalue weighted by molar-refractivity contribution is 6.20. The van der Waals surface area contributed by atoms with Crippen molar-refractivity contribution in [1.29, 1.82) is 0 Å². The first kappa shape index (κ1) is 10.6. The lowest BCUT2D eigenvalue weighted by Crippen LogP contribution is -2.23. The molecule has 1 atom stereocenters. The van der Waals surface area contributed by atoms with Gasteiger partial charge in [0.25, 0.3) is 0 Å². The van der Waals surface area contributed by atoms with E-state index in [2.05, 4.69) is 9.47 Å². The fraction of sp³-hybridized carbons (Fsp3) is 0.500. The molecule has 0 aromatic carbocycles. The van der Waals surface area contributed by atoms with Gasteiger partial charge in [-0.2, -0.15) is 0 Å². The van der Waals surface area contributed by atoms with E-state index >= 15 is 0 Å². The van der Waals surface area contributed by atoms with E-state index in [0.29, 0.717) is 0 Å². The van der Waals surface area contributed by atoms with Crippen LogP contribution in [0.5, 0.6) is 0 Å². The monoisotopic (exact) mass is 176 g/mol. The summed E-state index contributed by atoms with van der Waals surface area (Å²) < 4.78 is 8.49. The van der Waals surface area contributed by atoms with Gasteiger partial charge in [0.1, 0.15) is 6.61 Å². The van der Waals surface area contributed by atoms with E-state index in [9.17, 15) is 14.4 Å². The zero-order valence-corrected chi connectivity index (χ0v) is 6.35. The molecule has 6 heteroatoms. The second kappa shape index (κ2) is 5.25. The number of esters is 2. The highest BCUT2D eigenvalue weighted by Gasteiger charge is 2.11. The van der Waals surface area contributed by atoms with E-state index in [1.54, 1.807) is 0 Å². The van der Waals surface area contributed by atoms with E-state index < -0.39 is 24.8 Å². The summed E-state index contributed by atoms with van der Waals surface area (Å²) in [4.78, 5) is 30.3. The Kier molecular flexibility index (Phi) is 4.62. The average Bonchev–Trinajstić information content (AvgIpc) is 2.03. The van der Waals surface area contributed by atoms with Crippen LogP contribution in [0.4, 0.5) is 0 Å². The molecular formula is C6H8O6. The summed E-state index contributed by atoms with van der Waals surface area (Å²) in [5.74, 6) is -2.06. The van der Waals surface area contributed by atoms with Gasteiger partial charge in [-0.05, 0) is 0 Å². The molecule has 0 rings (SSSR count). The largest absolute Gasteiger partial charge is 0.424 e. The summed E-state index contributed by atoms with van der Waals surface area (Å²) in [6.07, 6.45) is -1.22. The lowest BCUT2D eigenvalue weighted by atomic mass is 10.6. The molecule has 0 amide bonds. The molecule has 0 aromatic rings. The Bertz CT molecular complexity index is 186. The minimum absolute atomic E-state index is 0.0523. The number of hydrogen-bond acceptors (Lipinski definition) is 6. The highest BCUT2D eigenvalue weighted by atomic mass is 16.7. The standard InChI is InChI=1S/C6H8O6/c1-4(11-5(9)2-7)12-6(10)3-8/h2,4,8H,3H2,1H3. The number of carbonyl (C=O) groups is 3. The Labute approximate surface area is 68.1 Å². The summed E-state index contributed by atoms with van der Waals surface area (Å²) in [6.45, 7) is 0.442. The average molecular weight is 176 g/mol. The van der Waals surface area contributed by atoms with Crippen LogP contribution in [0.3, 0.4) is 0 Å². The Balaban J connectivity index is 3.73. The minimum atomic E-state index is -1.16. The van der Waals surface area contributed by atoms with Crippen LogP contribution >= 0.6 is 0 Å². The summed E-state index contributed by atoms with van der Waals surface area (Å²) in [6, 6.07) is 0. The van der Waals surface area contributed by atoms with Gasteiger partial charge >= 0.3 is 11.9 Å². The molecule has 0 bridgehead atoms. The van der Waals surface area contributed by atoms with E-state index in [0.717, 1.165) is 0 Å². The predicted octanol–water partition coefficient (Wildman–Crippen LogP) is -1.39. The third-order valence-electron chi connectivity index (χ3n) is 0.805. The molecule has 0 fully saturated rings. The first-order chi connectivity index (χ1) is 5.60. The van der Waals surface area contributed by atoms with Crippen molar-refractivity contribution in [2.75, 3.05) is 6.61 Å².